The second kappa shape index (κ2) is 7.08. The fourth-order valence-corrected chi connectivity index (χ4v) is 2.07. The molecule has 5 nitrogen and oxygen atoms in total. The van der Waals surface area contributed by atoms with Crippen LogP contribution in [0, 0.1) is 13.8 Å². The molecule has 110 valence electrons. The van der Waals surface area contributed by atoms with Crippen LogP contribution >= 0.6 is 15.9 Å². The standard InChI is InChI=1S/C15H15BrN2O3/c1-10-6-12(11(2)21-10)8-17-18-15(19)9-20-14-5-3-4-13(16)7-14/h3-8H,9H2,1-2H3,(H,18,19)/b17-8-. The fourth-order valence-electron chi connectivity index (χ4n) is 1.69. The largest absolute Gasteiger partial charge is 0.484 e. The van der Waals surface area contributed by atoms with E-state index in [9.17, 15) is 4.79 Å². The van der Waals surface area contributed by atoms with Crippen molar-refractivity contribution in [2.24, 2.45) is 5.10 Å². The summed E-state index contributed by atoms with van der Waals surface area (Å²) in [6, 6.07) is 9.13. The van der Waals surface area contributed by atoms with E-state index in [4.69, 9.17) is 9.15 Å². The maximum Gasteiger partial charge on any atom is 0.277 e. The van der Waals surface area contributed by atoms with Gasteiger partial charge in [0.1, 0.15) is 17.3 Å². The number of hydrogen-bond acceptors (Lipinski definition) is 4. The second-order valence-corrected chi connectivity index (χ2v) is 5.32. The van der Waals surface area contributed by atoms with Crippen molar-refractivity contribution in [1.82, 2.24) is 5.43 Å². The van der Waals surface area contributed by atoms with Gasteiger partial charge < -0.3 is 9.15 Å². The number of carbonyl (C=O) groups is 1. The zero-order chi connectivity index (χ0) is 15.2. The van der Waals surface area contributed by atoms with Gasteiger partial charge in [-0.25, -0.2) is 5.43 Å². The van der Waals surface area contributed by atoms with Crippen molar-refractivity contribution in [3.05, 3.63) is 51.9 Å². The van der Waals surface area contributed by atoms with Gasteiger partial charge in [0, 0.05) is 10.0 Å². The van der Waals surface area contributed by atoms with E-state index in [1.807, 2.05) is 32.0 Å². The van der Waals surface area contributed by atoms with Gasteiger partial charge in [0.15, 0.2) is 6.61 Å². The number of carbonyl (C=O) groups excluding carboxylic acids is 1. The molecule has 0 fully saturated rings. The number of hydrogen-bond donors (Lipinski definition) is 1. The summed E-state index contributed by atoms with van der Waals surface area (Å²) in [6.07, 6.45) is 1.54. The Hall–Kier alpha value is -2.08. The van der Waals surface area contributed by atoms with E-state index in [0.717, 1.165) is 21.6 Å². The lowest BCUT2D eigenvalue weighted by Crippen LogP contribution is -2.24. The minimum absolute atomic E-state index is 0.100. The molecular formula is C15H15BrN2O3. The lowest BCUT2D eigenvalue weighted by Gasteiger charge is -2.04. The predicted octanol–water partition coefficient (Wildman–Crippen LogP) is 3.19. The molecule has 0 aliphatic rings. The summed E-state index contributed by atoms with van der Waals surface area (Å²) in [6.45, 7) is 3.60. The third-order valence-electron chi connectivity index (χ3n) is 2.64. The molecule has 0 atom stereocenters. The highest BCUT2D eigenvalue weighted by atomic mass is 79.9. The Balaban J connectivity index is 1.81. The number of halogens is 1. The van der Waals surface area contributed by atoms with E-state index in [-0.39, 0.29) is 12.5 Å². The molecule has 2 aromatic rings. The summed E-state index contributed by atoms with van der Waals surface area (Å²) in [7, 11) is 0. The van der Waals surface area contributed by atoms with Crippen LogP contribution in [0.5, 0.6) is 5.75 Å². The normalized spacial score (nSPS) is 10.8. The molecule has 0 saturated heterocycles. The molecule has 0 saturated carbocycles. The van der Waals surface area contributed by atoms with Crippen molar-refractivity contribution < 1.29 is 13.9 Å². The molecule has 6 heteroatoms. The lowest BCUT2D eigenvalue weighted by atomic mass is 10.3. The highest BCUT2D eigenvalue weighted by molar-refractivity contribution is 9.10. The number of rotatable bonds is 5. The number of nitrogens with zero attached hydrogens (tertiary/aromatic N) is 1. The highest BCUT2D eigenvalue weighted by Crippen LogP contribution is 2.17. The smallest absolute Gasteiger partial charge is 0.277 e. The number of nitrogens with one attached hydrogen (secondary N) is 1. The quantitative estimate of drug-likeness (QED) is 0.665. The molecule has 2 rings (SSSR count). The van der Waals surface area contributed by atoms with Crippen LogP contribution in [0.3, 0.4) is 0 Å². The third kappa shape index (κ3) is 4.75. The zero-order valence-corrected chi connectivity index (χ0v) is 13.3. The summed E-state index contributed by atoms with van der Waals surface area (Å²) in [5, 5.41) is 3.87. The Morgan fingerprint density at radius 2 is 2.24 bits per heavy atom. The maximum atomic E-state index is 11.6. The van der Waals surface area contributed by atoms with E-state index in [0.29, 0.717) is 5.75 Å². The van der Waals surface area contributed by atoms with Crippen molar-refractivity contribution in [1.29, 1.82) is 0 Å². The van der Waals surface area contributed by atoms with Crippen molar-refractivity contribution in [2.45, 2.75) is 13.8 Å². The number of aryl methyl sites for hydroxylation is 2. The summed E-state index contributed by atoms with van der Waals surface area (Å²) < 4.78 is 11.6. The van der Waals surface area contributed by atoms with Gasteiger partial charge in [0.05, 0.1) is 6.21 Å². The second-order valence-electron chi connectivity index (χ2n) is 4.41. The van der Waals surface area contributed by atoms with Crippen molar-refractivity contribution >= 4 is 28.1 Å². The molecule has 0 spiro atoms. The molecule has 0 bridgehead atoms. The number of furan rings is 1. The van der Waals surface area contributed by atoms with Gasteiger partial charge in [-0.1, -0.05) is 22.0 Å². The van der Waals surface area contributed by atoms with Gasteiger partial charge in [-0.15, -0.1) is 0 Å². The first-order valence-corrected chi connectivity index (χ1v) is 7.11. The molecule has 1 N–H and O–H groups in total. The molecule has 1 heterocycles. The van der Waals surface area contributed by atoms with Crippen LogP contribution in [0.15, 0.2) is 44.3 Å². The van der Waals surface area contributed by atoms with Crippen LogP contribution in [0.2, 0.25) is 0 Å². The number of benzene rings is 1. The average molecular weight is 351 g/mol. The van der Waals surface area contributed by atoms with Gasteiger partial charge in [0.2, 0.25) is 0 Å². The minimum Gasteiger partial charge on any atom is -0.484 e. The zero-order valence-electron chi connectivity index (χ0n) is 11.7. The summed E-state index contributed by atoms with van der Waals surface area (Å²) in [5.41, 5.74) is 3.24. The summed E-state index contributed by atoms with van der Waals surface area (Å²) in [5.74, 6) is 1.85. The van der Waals surface area contributed by atoms with Gasteiger partial charge in [-0.05, 0) is 38.1 Å². The van der Waals surface area contributed by atoms with Crippen molar-refractivity contribution in [2.75, 3.05) is 6.61 Å². The molecule has 1 aromatic heterocycles. The first-order valence-electron chi connectivity index (χ1n) is 6.32. The highest BCUT2D eigenvalue weighted by Gasteiger charge is 2.03. The topological polar surface area (TPSA) is 63.8 Å². The molecule has 0 unspecified atom stereocenters. The first kappa shape index (κ1) is 15.3. The van der Waals surface area contributed by atoms with Crippen LogP contribution in [0.25, 0.3) is 0 Å². The average Bonchev–Trinajstić information content (AvgIpc) is 2.75. The van der Waals surface area contributed by atoms with Crippen LogP contribution in [0.4, 0.5) is 0 Å². The molecule has 1 aromatic carbocycles. The molecule has 21 heavy (non-hydrogen) atoms. The van der Waals surface area contributed by atoms with Crippen LogP contribution in [0.1, 0.15) is 17.1 Å². The van der Waals surface area contributed by atoms with E-state index in [2.05, 4.69) is 26.5 Å². The van der Waals surface area contributed by atoms with Crippen LogP contribution in [-0.2, 0) is 4.79 Å². The van der Waals surface area contributed by atoms with Gasteiger partial charge in [-0.3, -0.25) is 4.79 Å². The molecule has 0 aliphatic heterocycles. The first-order chi connectivity index (χ1) is 10.0. The number of ether oxygens (including phenoxy) is 1. The Morgan fingerprint density at radius 3 is 2.90 bits per heavy atom. The van der Waals surface area contributed by atoms with Crippen molar-refractivity contribution in [3.8, 4) is 5.75 Å². The lowest BCUT2D eigenvalue weighted by molar-refractivity contribution is -0.123. The maximum absolute atomic E-state index is 11.6. The third-order valence-corrected chi connectivity index (χ3v) is 3.13. The fraction of sp³-hybridized carbons (Fsp3) is 0.200. The Kier molecular flexibility index (Phi) is 5.16. The SMILES string of the molecule is Cc1cc(/C=N\NC(=O)COc2cccc(Br)c2)c(C)o1. The van der Waals surface area contributed by atoms with Gasteiger partial charge in [0.25, 0.3) is 5.91 Å². The predicted molar refractivity (Wildman–Crippen MR) is 83.6 cm³/mol. The molecular weight excluding hydrogens is 336 g/mol. The van der Waals surface area contributed by atoms with Crippen LogP contribution < -0.4 is 10.2 Å². The minimum atomic E-state index is -0.330. The monoisotopic (exact) mass is 350 g/mol. The van der Waals surface area contributed by atoms with E-state index < -0.39 is 0 Å². The van der Waals surface area contributed by atoms with Crippen LogP contribution in [-0.4, -0.2) is 18.7 Å². The molecule has 0 radical (unpaired) electrons. The van der Waals surface area contributed by atoms with Crippen molar-refractivity contribution in [3.63, 3.8) is 0 Å². The summed E-state index contributed by atoms with van der Waals surface area (Å²) in [4.78, 5) is 11.6. The molecule has 1 amide bonds. The van der Waals surface area contributed by atoms with E-state index in [1.54, 1.807) is 18.3 Å². The number of amides is 1. The Labute approximate surface area is 131 Å². The molecule has 0 aliphatic carbocycles. The Bertz CT molecular complexity index is 665. The van der Waals surface area contributed by atoms with E-state index in [1.165, 1.54) is 0 Å². The Morgan fingerprint density at radius 1 is 1.43 bits per heavy atom. The van der Waals surface area contributed by atoms with Gasteiger partial charge >= 0.3 is 0 Å². The number of hydrazone groups is 1. The van der Waals surface area contributed by atoms with Gasteiger partial charge in [-0.2, -0.15) is 5.10 Å². The summed E-state index contributed by atoms with van der Waals surface area (Å²) >= 11 is 3.33. The van der Waals surface area contributed by atoms with E-state index >= 15 is 0 Å².